The molecule has 0 N–H and O–H groups in total. The van der Waals surface area contributed by atoms with E-state index in [1.165, 1.54) is 29.3 Å². The van der Waals surface area contributed by atoms with Crippen molar-refractivity contribution in [1.29, 1.82) is 0 Å². The highest BCUT2D eigenvalue weighted by Crippen LogP contribution is 2.32. The summed E-state index contributed by atoms with van der Waals surface area (Å²) in [4.78, 5) is 25.7. The van der Waals surface area contributed by atoms with Gasteiger partial charge in [-0.1, -0.05) is 10.3 Å². The van der Waals surface area contributed by atoms with Crippen LogP contribution in [0.3, 0.4) is 0 Å². The van der Waals surface area contributed by atoms with Crippen LogP contribution in [-0.4, -0.2) is 46.1 Å². The van der Waals surface area contributed by atoms with Crippen LogP contribution in [0.15, 0.2) is 30.6 Å². The Morgan fingerprint density at radius 1 is 1.14 bits per heavy atom. The summed E-state index contributed by atoms with van der Waals surface area (Å²) in [5.41, 5.74) is -0.303. The smallest absolute Gasteiger partial charge is 0.414 e. The van der Waals surface area contributed by atoms with Gasteiger partial charge < -0.3 is 9.64 Å². The van der Waals surface area contributed by atoms with Gasteiger partial charge in [-0.25, -0.2) is 18.3 Å². The van der Waals surface area contributed by atoms with Crippen LogP contribution < -0.4 is 9.80 Å². The number of halogens is 3. The van der Waals surface area contributed by atoms with E-state index in [-0.39, 0.29) is 43.2 Å². The molecule has 1 aromatic heterocycles. The minimum atomic E-state index is -1.20. The highest BCUT2D eigenvalue weighted by molar-refractivity contribution is 5.92. The largest absolute Gasteiger partial charge is 0.442 e. The van der Waals surface area contributed by atoms with Crippen molar-refractivity contribution < 1.29 is 27.5 Å². The van der Waals surface area contributed by atoms with Crippen molar-refractivity contribution in [2.45, 2.75) is 19.1 Å². The second-order valence-electron chi connectivity index (χ2n) is 6.34. The molecular formula is C17H14F3N5O3. The first-order valence-electron chi connectivity index (χ1n) is 8.42. The molecule has 0 aliphatic carbocycles. The summed E-state index contributed by atoms with van der Waals surface area (Å²) >= 11 is 0. The van der Waals surface area contributed by atoms with Crippen molar-refractivity contribution in [3.63, 3.8) is 0 Å². The van der Waals surface area contributed by atoms with Crippen LogP contribution in [0.25, 0.3) is 0 Å². The number of nitrogens with zero attached hydrogens (tertiary/aromatic N) is 5. The Bertz CT molecular complexity index is 977. The zero-order valence-corrected chi connectivity index (χ0v) is 14.4. The van der Waals surface area contributed by atoms with E-state index in [1.807, 2.05) is 0 Å². The number of hydrogen-bond donors (Lipinski definition) is 0. The van der Waals surface area contributed by atoms with Crippen LogP contribution in [0, 0.1) is 17.6 Å². The summed E-state index contributed by atoms with van der Waals surface area (Å²) < 4.78 is 48.4. The molecule has 1 saturated heterocycles. The molecule has 28 heavy (non-hydrogen) atoms. The zero-order chi connectivity index (χ0) is 19.8. The molecule has 0 radical (unpaired) electrons. The maximum Gasteiger partial charge on any atom is 0.414 e. The number of ether oxygens (including phenoxy) is 1. The first-order chi connectivity index (χ1) is 13.4. The van der Waals surface area contributed by atoms with Gasteiger partial charge in [-0.2, -0.15) is 4.39 Å². The van der Waals surface area contributed by atoms with Gasteiger partial charge in [0.25, 0.3) is 5.95 Å². The Labute approximate surface area is 156 Å². The highest BCUT2D eigenvalue weighted by atomic mass is 19.2. The van der Waals surface area contributed by atoms with E-state index in [2.05, 4.69) is 10.3 Å². The Morgan fingerprint density at radius 3 is 2.57 bits per heavy atom. The third-order valence-electron chi connectivity index (χ3n) is 4.46. The molecule has 2 aliphatic rings. The van der Waals surface area contributed by atoms with Crippen molar-refractivity contribution in [3.8, 4) is 0 Å². The van der Waals surface area contributed by atoms with E-state index in [0.29, 0.717) is 0 Å². The lowest BCUT2D eigenvalue weighted by molar-refractivity contribution is -0.114. The Kier molecular flexibility index (Phi) is 4.49. The van der Waals surface area contributed by atoms with Gasteiger partial charge in [0.05, 0.1) is 30.7 Å². The average Bonchev–Trinajstić information content (AvgIpc) is 3.23. The minimum absolute atomic E-state index is 0.0218. The highest BCUT2D eigenvalue weighted by Gasteiger charge is 2.35. The SMILES string of the molecule is O=C1C=CN(c2ccc(N3CC(Cn4cc(F)nn4)OC3=O)c(F)c2F)CC1. The Morgan fingerprint density at radius 2 is 1.89 bits per heavy atom. The normalized spacial score (nSPS) is 19.5. The zero-order valence-electron chi connectivity index (χ0n) is 14.4. The fourth-order valence-electron chi connectivity index (χ4n) is 3.11. The van der Waals surface area contributed by atoms with Gasteiger partial charge in [0, 0.05) is 19.2 Å². The van der Waals surface area contributed by atoms with Crippen molar-refractivity contribution in [2.75, 3.05) is 22.9 Å². The van der Waals surface area contributed by atoms with E-state index in [9.17, 15) is 22.8 Å². The number of anilines is 2. The minimum Gasteiger partial charge on any atom is -0.442 e. The lowest BCUT2D eigenvalue weighted by atomic mass is 10.1. The lowest BCUT2D eigenvalue weighted by Gasteiger charge is -2.24. The fourth-order valence-corrected chi connectivity index (χ4v) is 3.11. The molecule has 146 valence electrons. The Balaban J connectivity index is 1.54. The maximum absolute atomic E-state index is 14.7. The number of benzene rings is 1. The van der Waals surface area contributed by atoms with Gasteiger partial charge in [0.2, 0.25) is 0 Å². The predicted molar refractivity (Wildman–Crippen MR) is 90.1 cm³/mol. The van der Waals surface area contributed by atoms with Gasteiger partial charge in [0.15, 0.2) is 17.4 Å². The molecule has 2 aromatic rings. The molecule has 11 heteroatoms. The molecule has 2 aliphatic heterocycles. The van der Waals surface area contributed by atoms with Crippen molar-refractivity contribution in [3.05, 3.63) is 48.2 Å². The van der Waals surface area contributed by atoms with Crippen LogP contribution in [-0.2, 0) is 16.1 Å². The standard InChI is InChI=1S/C17H14F3N5O3/c18-14-9-24(22-21-14)7-11-8-25(17(27)28-11)13-2-1-12(15(19)16(13)20)23-5-3-10(26)4-6-23/h1-3,5,9,11H,4,6-8H2. The summed E-state index contributed by atoms with van der Waals surface area (Å²) in [5.74, 6) is -3.21. The van der Waals surface area contributed by atoms with Crippen LogP contribution >= 0.6 is 0 Å². The summed E-state index contributed by atoms with van der Waals surface area (Å²) in [6.07, 6.45) is 2.34. The maximum atomic E-state index is 14.7. The number of rotatable bonds is 4. The second kappa shape index (κ2) is 6.98. The number of cyclic esters (lactones) is 1. The number of hydrogen-bond acceptors (Lipinski definition) is 6. The first-order valence-corrected chi connectivity index (χ1v) is 8.42. The fraction of sp³-hybridized carbons (Fsp3) is 0.294. The molecule has 0 spiro atoms. The molecule has 1 amide bonds. The van der Waals surface area contributed by atoms with Crippen molar-refractivity contribution >= 4 is 23.3 Å². The van der Waals surface area contributed by atoms with E-state index in [0.717, 1.165) is 15.8 Å². The third-order valence-corrected chi connectivity index (χ3v) is 4.46. The quantitative estimate of drug-likeness (QED) is 0.791. The molecule has 0 bridgehead atoms. The molecule has 8 nitrogen and oxygen atoms in total. The topological polar surface area (TPSA) is 80.6 Å². The van der Waals surface area contributed by atoms with Crippen LogP contribution in [0.4, 0.5) is 29.3 Å². The number of carbonyl (C=O) groups is 2. The summed E-state index contributed by atoms with van der Waals surface area (Å²) in [6.45, 7) is 0.190. The van der Waals surface area contributed by atoms with Crippen molar-refractivity contribution in [2.24, 2.45) is 0 Å². The Hall–Kier alpha value is -3.37. The van der Waals surface area contributed by atoms with Gasteiger partial charge in [-0.05, 0) is 18.2 Å². The molecule has 1 atom stereocenters. The van der Waals surface area contributed by atoms with Crippen LogP contribution in [0.1, 0.15) is 6.42 Å². The molecule has 1 fully saturated rings. The predicted octanol–water partition coefficient (Wildman–Crippen LogP) is 2.01. The van der Waals surface area contributed by atoms with Gasteiger partial charge in [-0.3, -0.25) is 9.69 Å². The number of amides is 1. The van der Waals surface area contributed by atoms with Crippen molar-refractivity contribution in [1.82, 2.24) is 15.0 Å². The number of aromatic nitrogens is 3. The molecule has 4 rings (SSSR count). The second-order valence-corrected chi connectivity index (χ2v) is 6.34. The summed E-state index contributed by atoms with van der Waals surface area (Å²) in [6, 6.07) is 2.61. The summed E-state index contributed by atoms with van der Waals surface area (Å²) in [7, 11) is 0. The monoisotopic (exact) mass is 393 g/mol. The number of carbonyl (C=O) groups excluding carboxylic acids is 2. The lowest BCUT2D eigenvalue weighted by Crippen LogP contribution is -2.28. The average molecular weight is 393 g/mol. The third kappa shape index (κ3) is 3.30. The van der Waals surface area contributed by atoms with E-state index in [1.54, 1.807) is 0 Å². The number of allylic oxidation sites excluding steroid dienone is 1. The molecule has 1 unspecified atom stereocenters. The van der Waals surface area contributed by atoms with Gasteiger partial charge >= 0.3 is 6.09 Å². The molecule has 3 heterocycles. The summed E-state index contributed by atoms with van der Waals surface area (Å²) in [5, 5.41) is 6.71. The van der Waals surface area contributed by atoms with Gasteiger partial charge in [0.1, 0.15) is 6.10 Å². The molecule has 0 saturated carbocycles. The molecule has 1 aromatic carbocycles. The van der Waals surface area contributed by atoms with Gasteiger partial charge in [-0.15, -0.1) is 0 Å². The first kappa shape index (κ1) is 18.0. The molecular weight excluding hydrogens is 379 g/mol. The number of ketones is 1. The van der Waals surface area contributed by atoms with E-state index in [4.69, 9.17) is 4.74 Å². The van der Waals surface area contributed by atoms with E-state index >= 15 is 0 Å². The van der Waals surface area contributed by atoms with Crippen LogP contribution in [0.2, 0.25) is 0 Å². The van der Waals surface area contributed by atoms with E-state index < -0.39 is 29.8 Å². The van der Waals surface area contributed by atoms with Crippen LogP contribution in [0.5, 0.6) is 0 Å².